The lowest BCUT2D eigenvalue weighted by molar-refractivity contribution is 0.263. The van der Waals surface area contributed by atoms with E-state index < -0.39 is 34.6 Å². The van der Waals surface area contributed by atoms with Crippen molar-refractivity contribution in [3.63, 3.8) is 0 Å². The number of unbranched alkanes of at least 4 members (excludes halogenated alkanes) is 14. The summed E-state index contributed by atoms with van der Waals surface area (Å²) in [5.41, 5.74) is -0.519. The molecule has 2 aromatic rings. The van der Waals surface area contributed by atoms with E-state index in [4.69, 9.17) is 9.47 Å². The van der Waals surface area contributed by atoms with Gasteiger partial charge in [-0.1, -0.05) is 118 Å². The number of alkyl halides is 1. The lowest BCUT2D eigenvalue weighted by atomic mass is 10.1. The Hall–Kier alpha value is -2.20. The van der Waals surface area contributed by atoms with E-state index in [1.54, 1.807) is 24.3 Å². The molecule has 0 unspecified atom stereocenters. The Labute approximate surface area is 252 Å². The summed E-state index contributed by atoms with van der Waals surface area (Å²) < 4.78 is 69.1. The Morgan fingerprint density at radius 1 is 0.561 bits per heavy atom. The van der Waals surface area contributed by atoms with Crippen LogP contribution >= 0.6 is 15.9 Å². The minimum absolute atomic E-state index is 0.0190. The van der Waals surface area contributed by atoms with Gasteiger partial charge in [-0.15, -0.1) is 0 Å². The van der Waals surface area contributed by atoms with Crippen LogP contribution in [0.5, 0.6) is 11.5 Å². The minimum Gasteiger partial charge on any atom is -0.494 e. The van der Waals surface area contributed by atoms with Gasteiger partial charge in [-0.05, 0) is 43.5 Å². The highest BCUT2D eigenvalue weighted by molar-refractivity contribution is 9.09. The fraction of sp³-hybridized carbons (Fsp3) is 0.588. The third-order valence-electron chi connectivity index (χ3n) is 6.95. The quantitative estimate of drug-likeness (QED) is 0.0444. The molecule has 0 amide bonds. The summed E-state index contributed by atoms with van der Waals surface area (Å²) in [7, 11) is 0. The van der Waals surface area contributed by atoms with Gasteiger partial charge < -0.3 is 9.47 Å². The van der Waals surface area contributed by atoms with Crippen molar-refractivity contribution < 1.29 is 27.0 Å². The molecule has 0 spiro atoms. The van der Waals surface area contributed by atoms with Gasteiger partial charge in [0.1, 0.15) is 11.3 Å². The van der Waals surface area contributed by atoms with Crippen molar-refractivity contribution in [2.24, 2.45) is 0 Å². The van der Waals surface area contributed by atoms with Crippen LogP contribution in [0.2, 0.25) is 0 Å². The molecule has 0 aliphatic rings. The number of hydrogen-bond acceptors (Lipinski definition) is 2. The second kappa shape index (κ2) is 21.5. The van der Waals surface area contributed by atoms with Gasteiger partial charge in [0.15, 0.2) is 17.4 Å². The van der Waals surface area contributed by atoms with Crippen molar-refractivity contribution in [1.82, 2.24) is 0 Å². The maximum atomic E-state index is 14.6. The van der Waals surface area contributed by atoms with Gasteiger partial charge in [-0.3, -0.25) is 0 Å². The van der Waals surface area contributed by atoms with Crippen LogP contribution < -0.4 is 9.47 Å². The topological polar surface area (TPSA) is 18.5 Å². The Bertz CT molecular complexity index is 1030. The number of hydrogen-bond donors (Lipinski definition) is 0. The lowest BCUT2D eigenvalue weighted by Crippen LogP contribution is -2.08. The molecule has 0 saturated carbocycles. The molecule has 0 fully saturated rings. The van der Waals surface area contributed by atoms with E-state index in [-0.39, 0.29) is 6.61 Å². The average Bonchev–Trinajstić information content (AvgIpc) is 2.98. The summed E-state index contributed by atoms with van der Waals surface area (Å²) in [6.07, 6.45) is 17.9. The van der Waals surface area contributed by atoms with Crippen molar-refractivity contribution >= 4 is 15.9 Å². The van der Waals surface area contributed by atoms with Crippen LogP contribution in [0.4, 0.5) is 17.6 Å². The predicted octanol–water partition coefficient (Wildman–Crippen LogP) is 11.1. The first-order valence-corrected chi connectivity index (χ1v) is 16.4. The van der Waals surface area contributed by atoms with Crippen molar-refractivity contribution in [3.8, 4) is 23.3 Å². The number of halogens is 5. The van der Waals surface area contributed by atoms with Crippen LogP contribution in [-0.4, -0.2) is 18.5 Å². The third-order valence-corrected chi connectivity index (χ3v) is 7.51. The minimum atomic E-state index is -1.57. The molecule has 2 nitrogen and oxygen atoms in total. The maximum absolute atomic E-state index is 14.6. The van der Waals surface area contributed by atoms with E-state index in [0.29, 0.717) is 24.3 Å². The van der Waals surface area contributed by atoms with Crippen LogP contribution in [0.3, 0.4) is 0 Å². The maximum Gasteiger partial charge on any atom is 0.205 e. The van der Waals surface area contributed by atoms with Crippen molar-refractivity contribution in [3.05, 3.63) is 58.7 Å². The SMILES string of the molecule is CCCCCCCCCCOc1ccc(C#Cc2c(F)c(F)c(OCCCCCCCCCCBr)c(F)c2F)cc1. The molecule has 0 atom stereocenters. The van der Waals surface area contributed by atoms with Crippen LogP contribution in [-0.2, 0) is 0 Å². The van der Waals surface area contributed by atoms with Gasteiger partial charge in [0.25, 0.3) is 0 Å². The number of benzene rings is 2. The van der Waals surface area contributed by atoms with Gasteiger partial charge >= 0.3 is 0 Å². The van der Waals surface area contributed by atoms with Gasteiger partial charge in [-0.25, -0.2) is 8.78 Å². The van der Waals surface area contributed by atoms with Crippen LogP contribution in [0.25, 0.3) is 0 Å². The van der Waals surface area contributed by atoms with E-state index in [1.807, 2.05) is 0 Å². The zero-order valence-electron chi connectivity index (χ0n) is 24.5. The predicted molar refractivity (Wildman–Crippen MR) is 163 cm³/mol. The fourth-order valence-corrected chi connectivity index (χ4v) is 4.87. The molecular formula is C34H45BrF4O2. The molecule has 0 aliphatic heterocycles. The second-order valence-corrected chi connectivity index (χ2v) is 11.2. The molecule has 0 aromatic heterocycles. The molecule has 0 bridgehead atoms. The molecule has 0 N–H and O–H groups in total. The zero-order chi connectivity index (χ0) is 29.7. The van der Waals surface area contributed by atoms with Gasteiger partial charge in [0, 0.05) is 10.9 Å². The summed E-state index contributed by atoms with van der Waals surface area (Å²) in [4.78, 5) is 0. The Morgan fingerprint density at radius 3 is 1.54 bits per heavy atom. The average molecular weight is 642 g/mol. The normalized spacial score (nSPS) is 10.9. The second-order valence-electron chi connectivity index (χ2n) is 10.4. The number of rotatable bonds is 21. The monoisotopic (exact) mass is 640 g/mol. The van der Waals surface area contributed by atoms with E-state index in [2.05, 4.69) is 34.7 Å². The molecular weight excluding hydrogens is 596 g/mol. The first-order chi connectivity index (χ1) is 20.0. The molecule has 0 saturated heterocycles. The Balaban J connectivity index is 1.80. The van der Waals surface area contributed by atoms with Crippen molar-refractivity contribution in [2.45, 2.75) is 110 Å². The van der Waals surface area contributed by atoms with E-state index in [0.717, 1.165) is 43.9 Å². The van der Waals surface area contributed by atoms with E-state index in [9.17, 15) is 17.6 Å². The fourth-order valence-electron chi connectivity index (χ4n) is 4.47. The van der Waals surface area contributed by atoms with Gasteiger partial charge in [-0.2, -0.15) is 8.78 Å². The molecule has 41 heavy (non-hydrogen) atoms. The number of ether oxygens (including phenoxy) is 2. The Morgan fingerprint density at radius 2 is 1.02 bits per heavy atom. The molecule has 7 heteroatoms. The summed E-state index contributed by atoms with van der Waals surface area (Å²) in [5.74, 6) is -1.79. The zero-order valence-corrected chi connectivity index (χ0v) is 26.0. The van der Waals surface area contributed by atoms with Gasteiger partial charge in [0.2, 0.25) is 11.6 Å². The first-order valence-electron chi connectivity index (χ1n) is 15.3. The summed E-state index contributed by atoms with van der Waals surface area (Å²) >= 11 is 3.41. The molecule has 2 aromatic carbocycles. The van der Waals surface area contributed by atoms with Crippen molar-refractivity contribution in [2.75, 3.05) is 18.5 Å². The first kappa shape index (κ1) is 35.0. The molecule has 2 rings (SSSR count). The highest BCUT2D eigenvalue weighted by atomic mass is 79.9. The van der Waals surface area contributed by atoms with Crippen molar-refractivity contribution in [1.29, 1.82) is 0 Å². The van der Waals surface area contributed by atoms with Crippen LogP contribution in [0.1, 0.15) is 121 Å². The smallest absolute Gasteiger partial charge is 0.205 e. The largest absolute Gasteiger partial charge is 0.494 e. The molecule has 0 aliphatic carbocycles. The lowest BCUT2D eigenvalue weighted by Gasteiger charge is -2.11. The summed E-state index contributed by atoms with van der Waals surface area (Å²) in [5, 5.41) is 1.02. The highest BCUT2D eigenvalue weighted by Gasteiger charge is 2.26. The highest BCUT2D eigenvalue weighted by Crippen LogP contribution is 2.30. The van der Waals surface area contributed by atoms with Gasteiger partial charge in [0.05, 0.1) is 13.2 Å². The van der Waals surface area contributed by atoms with Crippen LogP contribution in [0, 0.1) is 35.1 Å². The van der Waals surface area contributed by atoms with E-state index in [1.165, 1.54) is 57.8 Å². The summed E-state index contributed by atoms with van der Waals surface area (Å²) in [6.45, 7) is 2.81. The third kappa shape index (κ3) is 13.5. The van der Waals surface area contributed by atoms with E-state index >= 15 is 0 Å². The molecule has 0 radical (unpaired) electrons. The van der Waals surface area contributed by atoms with Crippen LogP contribution in [0.15, 0.2) is 24.3 Å². The Kier molecular flexibility index (Phi) is 18.3. The summed E-state index contributed by atoms with van der Waals surface area (Å²) in [6, 6.07) is 6.70. The molecule has 0 heterocycles. The molecule has 228 valence electrons. The standard InChI is InChI=1S/C34H45BrF4O2/c1-2-3-4-5-6-10-13-16-25-40-28-21-18-27(19-22-28)20-23-29-30(36)32(38)34(33(39)31(29)37)41-26-17-14-11-8-7-9-12-15-24-35/h18-19,21-22H,2-17,24-26H2,1H3.